The zero-order valence-corrected chi connectivity index (χ0v) is 7.75. The highest BCUT2D eigenvalue weighted by molar-refractivity contribution is 5.75. The van der Waals surface area contributed by atoms with Crippen molar-refractivity contribution in [3.8, 4) is 0 Å². The number of piperidine rings is 1. The number of hydrogen-bond donors (Lipinski definition) is 0. The molecular weight excluding hydrogens is 150 g/mol. The molecule has 0 radical (unpaired) electrons. The molecule has 2 heteroatoms. The Morgan fingerprint density at radius 1 is 1.58 bits per heavy atom. The lowest BCUT2D eigenvalue weighted by Crippen LogP contribution is -2.29. The minimum Gasteiger partial charge on any atom is -0.378 e. The van der Waals surface area contributed by atoms with Crippen molar-refractivity contribution < 1.29 is 4.79 Å². The molecule has 0 spiro atoms. The first-order valence-corrected chi connectivity index (χ1v) is 4.58. The van der Waals surface area contributed by atoms with E-state index in [1.165, 1.54) is 0 Å². The normalized spacial score (nSPS) is 19.2. The number of carbonyl (C=O) groups is 1. The van der Waals surface area contributed by atoms with E-state index < -0.39 is 0 Å². The Morgan fingerprint density at radius 2 is 2.17 bits per heavy atom. The lowest BCUT2D eigenvalue weighted by atomic mass is 9.92. The SMILES string of the molecule is C=CN1CCC(CC(C)=O)CC1. The van der Waals surface area contributed by atoms with Crippen molar-refractivity contribution in [1.29, 1.82) is 0 Å². The van der Waals surface area contributed by atoms with Crippen molar-refractivity contribution in [2.45, 2.75) is 26.2 Å². The van der Waals surface area contributed by atoms with Crippen LogP contribution in [0.1, 0.15) is 26.2 Å². The first kappa shape index (κ1) is 9.30. The Balaban J connectivity index is 2.26. The van der Waals surface area contributed by atoms with Crippen molar-refractivity contribution in [2.75, 3.05) is 13.1 Å². The predicted molar refractivity (Wildman–Crippen MR) is 49.8 cm³/mol. The highest BCUT2D eigenvalue weighted by Gasteiger charge is 2.17. The summed E-state index contributed by atoms with van der Waals surface area (Å²) in [5, 5.41) is 0. The fraction of sp³-hybridized carbons (Fsp3) is 0.700. The molecule has 68 valence electrons. The van der Waals surface area contributed by atoms with E-state index in [1.54, 1.807) is 6.92 Å². The van der Waals surface area contributed by atoms with Crippen LogP contribution < -0.4 is 0 Å². The highest BCUT2D eigenvalue weighted by atomic mass is 16.1. The van der Waals surface area contributed by atoms with E-state index >= 15 is 0 Å². The highest BCUT2D eigenvalue weighted by Crippen LogP contribution is 2.20. The third-order valence-corrected chi connectivity index (χ3v) is 2.48. The molecule has 2 nitrogen and oxygen atoms in total. The Hall–Kier alpha value is -0.790. The van der Waals surface area contributed by atoms with Gasteiger partial charge in [-0.05, 0) is 31.9 Å². The first-order chi connectivity index (χ1) is 5.72. The van der Waals surface area contributed by atoms with Gasteiger partial charge in [0.15, 0.2) is 0 Å². The second kappa shape index (κ2) is 4.29. The summed E-state index contributed by atoms with van der Waals surface area (Å²) in [5.74, 6) is 0.950. The van der Waals surface area contributed by atoms with Gasteiger partial charge < -0.3 is 9.69 Å². The second-order valence-corrected chi connectivity index (χ2v) is 3.57. The number of hydrogen-bond acceptors (Lipinski definition) is 2. The Kier molecular flexibility index (Phi) is 3.32. The van der Waals surface area contributed by atoms with Gasteiger partial charge in [-0.1, -0.05) is 6.58 Å². The van der Waals surface area contributed by atoms with Gasteiger partial charge in [0.1, 0.15) is 5.78 Å². The average molecular weight is 167 g/mol. The fourth-order valence-electron chi connectivity index (χ4n) is 1.75. The van der Waals surface area contributed by atoms with Crippen LogP contribution in [0.5, 0.6) is 0 Å². The standard InChI is InChI=1S/C10H17NO/c1-3-11-6-4-10(5-7-11)8-9(2)12/h3,10H,1,4-8H2,2H3. The van der Waals surface area contributed by atoms with Crippen molar-refractivity contribution in [2.24, 2.45) is 5.92 Å². The Morgan fingerprint density at radius 3 is 2.58 bits per heavy atom. The van der Waals surface area contributed by atoms with E-state index in [4.69, 9.17) is 0 Å². The van der Waals surface area contributed by atoms with Crippen LogP contribution in [-0.4, -0.2) is 23.8 Å². The quantitative estimate of drug-likeness (QED) is 0.639. The molecule has 0 N–H and O–H groups in total. The van der Waals surface area contributed by atoms with E-state index in [-0.39, 0.29) is 0 Å². The third-order valence-electron chi connectivity index (χ3n) is 2.48. The lowest BCUT2D eigenvalue weighted by Gasteiger charge is -2.30. The molecule has 1 aliphatic rings. The van der Waals surface area contributed by atoms with E-state index in [9.17, 15) is 4.79 Å². The number of carbonyl (C=O) groups excluding carboxylic acids is 1. The predicted octanol–water partition coefficient (Wildman–Crippen LogP) is 1.82. The molecular formula is C10H17NO. The monoisotopic (exact) mass is 167 g/mol. The van der Waals surface area contributed by atoms with Crippen LogP contribution in [0, 0.1) is 5.92 Å². The summed E-state index contributed by atoms with van der Waals surface area (Å²) in [6.45, 7) is 7.55. The largest absolute Gasteiger partial charge is 0.378 e. The summed E-state index contributed by atoms with van der Waals surface area (Å²) in [4.78, 5) is 13.0. The maximum absolute atomic E-state index is 10.8. The van der Waals surface area contributed by atoms with Gasteiger partial charge >= 0.3 is 0 Å². The third kappa shape index (κ3) is 2.68. The number of nitrogens with zero attached hydrogens (tertiary/aromatic N) is 1. The number of likely N-dealkylation sites (tertiary alicyclic amines) is 1. The van der Waals surface area contributed by atoms with Crippen LogP contribution >= 0.6 is 0 Å². The summed E-state index contributed by atoms with van der Waals surface area (Å²) in [7, 11) is 0. The van der Waals surface area contributed by atoms with Crippen molar-refractivity contribution in [3.05, 3.63) is 12.8 Å². The summed E-state index contributed by atoms with van der Waals surface area (Å²) < 4.78 is 0. The van der Waals surface area contributed by atoms with Gasteiger partial charge in [0, 0.05) is 19.5 Å². The molecule has 0 atom stereocenters. The molecule has 1 heterocycles. The van der Waals surface area contributed by atoms with Crippen LogP contribution in [0.15, 0.2) is 12.8 Å². The van der Waals surface area contributed by atoms with Crippen LogP contribution in [0.4, 0.5) is 0 Å². The molecule has 1 saturated heterocycles. The second-order valence-electron chi connectivity index (χ2n) is 3.57. The Labute approximate surface area is 74.2 Å². The Bertz CT molecular complexity index is 169. The van der Waals surface area contributed by atoms with Crippen LogP contribution in [-0.2, 0) is 4.79 Å². The van der Waals surface area contributed by atoms with E-state index in [0.29, 0.717) is 11.7 Å². The fourth-order valence-corrected chi connectivity index (χ4v) is 1.75. The summed E-state index contributed by atoms with van der Waals surface area (Å²) in [6, 6.07) is 0. The number of rotatable bonds is 3. The molecule has 0 aromatic carbocycles. The maximum atomic E-state index is 10.8. The topological polar surface area (TPSA) is 20.3 Å². The molecule has 1 fully saturated rings. The summed E-state index contributed by atoms with van der Waals surface area (Å²) in [5.41, 5.74) is 0. The number of Topliss-reactive ketones (excluding diaryl/α,β-unsaturated/α-hetero) is 1. The molecule has 0 amide bonds. The zero-order valence-electron chi connectivity index (χ0n) is 7.75. The van der Waals surface area contributed by atoms with E-state index in [2.05, 4.69) is 11.5 Å². The maximum Gasteiger partial charge on any atom is 0.130 e. The first-order valence-electron chi connectivity index (χ1n) is 4.58. The van der Waals surface area contributed by atoms with Gasteiger partial charge in [-0.2, -0.15) is 0 Å². The van der Waals surface area contributed by atoms with E-state index in [0.717, 1.165) is 32.4 Å². The summed E-state index contributed by atoms with van der Waals surface area (Å²) in [6.07, 6.45) is 4.95. The smallest absolute Gasteiger partial charge is 0.130 e. The molecule has 0 saturated carbocycles. The van der Waals surface area contributed by atoms with E-state index in [1.807, 2.05) is 6.20 Å². The van der Waals surface area contributed by atoms with Crippen LogP contribution in [0.25, 0.3) is 0 Å². The molecule has 0 bridgehead atoms. The van der Waals surface area contributed by atoms with Crippen molar-refractivity contribution in [3.63, 3.8) is 0 Å². The van der Waals surface area contributed by atoms with Gasteiger partial charge in [0.25, 0.3) is 0 Å². The molecule has 0 aliphatic carbocycles. The van der Waals surface area contributed by atoms with Gasteiger partial charge in [-0.15, -0.1) is 0 Å². The molecule has 1 aliphatic heterocycles. The van der Waals surface area contributed by atoms with Crippen LogP contribution in [0.2, 0.25) is 0 Å². The van der Waals surface area contributed by atoms with Crippen molar-refractivity contribution >= 4 is 5.78 Å². The molecule has 0 aromatic heterocycles. The average Bonchev–Trinajstić information content (AvgIpc) is 2.05. The molecule has 1 rings (SSSR count). The van der Waals surface area contributed by atoms with Gasteiger partial charge in [-0.3, -0.25) is 0 Å². The summed E-state index contributed by atoms with van der Waals surface area (Å²) >= 11 is 0. The molecule has 0 unspecified atom stereocenters. The van der Waals surface area contributed by atoms with Gasteiger partial charge in [-0.25, -0.2) is 0 Å². The van der Waals surface area contributed by atoms with Gasteiger partial charge in [0.05, 0.1) is 0 Å². The number of ketones is 1. The van der Waals surface area contributed by atoms with Crippen molar-refractivity contribution in [1.82, 2.24) is 4.90 Å². The zero-order chi connectivity index (χ0) is 8.97. The minimum atomic E-state index is 0.326. The lowest BCUT2D eigenvalue weighted by molar-refractivity contribution is -0.118. The van der Waals surface area contributed by atoms with Gasteiger partial charge in [0.2, 0.25) is 0 Å². The molecule has 12 heavy (non-hydrogen) atoms. The molecule has 0 aromatic rings. The van der Waals surface area contributed by atoms with Crippen LogP contribution in [0.3, 0.4) is 0 Å². The minimum absolute atomic E-state index is 0.326.